The Morgan fingerprint density at radius 2 is 1.67 bits per heavy atom. The van der Waals surface area contributed by atoms with Gasteiger partial charge in [-0.2, -0.15) is 4.31 Å². The van der Waals surface area contributed by atoms with Crippen LogP contribution in [-0.2, 0) is 10.0 Å². The molecule has 3 rings (SSSR count). The molecule has 2 aromatic rings. The summed E-state index contributed by atoms with van der Waals surface area (Å²) in [5, 5.41) is 10.1. The van der Waals surface area contributed by atoms with Crippen molar-refractivity contribution in [3.8, 4) is 5.75 Å². The average Bonchev–Trinajstić information content (AvgIpc) is 2.59. The molecule has 7 heteroatoms. The van der Waals surface area contributed by atoms with Gasteiger partial charge in [-0.05, 0) is 36.5 Å². The van der Waals surface area contributed by atoms with Crippen LogP contribution in [0, 0.1) is 0 Å². The molecule has 1 fully saturated rings. The van der Waals surface area contributed by atoms with Crippen molar-refractivity contribution < 1.29 is 13.5 Å². The topological polar surface area (TPSA) is 57.6 Å². The third-order valence-electron chi connectivity index (χ3n) is 4.34. The van der Waals surface area contributed by atoms with Gasteiger partial charge in [-0.1, -0.05) is 53.5 Å². The van der Waals surface area contributed by atoms with Crippen molar-refractivity contribution in [1.29, 1.82) is 0 Å². The summed E-state index contributed by atoms with van der Waals surface area (Å²) in [6.45, 7) is 0.789. The number of nitrogens with zero attached hydrogens (tertiary/aromatic N) is 1. The lowest BCUT2D eigenvalue weighted by Gasteiger charge is -2.31. The Morgan fingerprint density at radius 3 is 2.29 bits per heavy atom. The van der Waals surface area contributed by atoms with E-state index in [1.54, 1.807) is 0 Å². The zero-order valence-electron chi connectivity index (χ0n) is 12.8. The Kier molecular flexibility index (Phi) is 5.06. The highest BCUT2D eigenvalue weighted by atomic mass is 35.5. The standard InChI is InChI=1S/C17H17Cl2NO3S/c18-14-10-15(19)17(21)16(11-14)24(22,23)20-8-6-13(7-9-20)12-4-2-1-3-5-12/h1-5,10-11,13,21H,6-9H2. The predicted molar refractivity (Wildman–Crippen MR) is 95.3 cm³/mol. The monoisotopic (exact) mass is 385 g/mol. The van der Waals surface area contributed by atoms with Gasteiger partial charge in [-0.15, -0.1) is 0 Å². The van der Waals surface area contributed by atoms with E-state index in [1.165, 1.54) is 22.0 Å². The minimum Gasteiger partial charge on any atom is -0.505 e. The van der Waals surface area contributed by atoms with Crippen LogP contribution in [0.4, 0.5) is 0 Å². The van der Waals surface area contributed by atoms with Crippen LogP contribution >= 0.6 is 23.2 Å². The first kappa shape index (κ1) is 17.5. The molecule has 0 aromatic heterocycles. The van der Waals surface area contributed by atoms with Crippen LogP contribution in [0.15, 0.2) is 47.4 Å². The molecule has 0 unspecified atom stereocenters. The summed E-state index contributed by atoms with van der Waals surface area (Å²) in [4.78, 5) is -0.238. The second-order valence-electron chi connectivity index (χ2n) is 5.82. The van der Waals surface area contributed by atoms with E-state index in [-0.39, 0.29) is 14.9 Å². The molecule has 1 heterocycles. The van der Waals surface area contributed by atoms with Crippen molar-refractivity contribution in [2.75, 3.05) is 13.1 Å². The number of rotatable bonds is 3. The van der Waals surface area contributed by atoms with Gasteiger partial charge in [-0.25, -0.2) is 8.42 Å². The maximum Gasteiger partial charge on any atom is 0.246 e. The van der Waals surface area contributed by atoms with Gasteiger partial charge in [0, 0.05) is 18.1 Å². The van der Waals surface area contributed by atoms with Crippen molar-refractivity contribution in [3.63, 3.8) is 0 Å². The van der Waals surface area contributed by atoms with Gasteiger partial charge in [0.15, 0.2) is 5.75 Å². The molecular formula is C17H17Cl2NO3S. The van der Waals surface area contributed by atoms with Crippen molar-refractivity contribution in [2.24, 2.45) is 0 Å². The lowest BCUT2D eigenvalue weighted by Crippen LogP contribution is -2.37. The fourth-order valence-electron chi connectivity index (χ4n) is 3.03. The van der Waals surface area contributed by atoms with Gasteiger partial charge in [-0.3, -0.25) is 0 Å². The Hall–Kier alpha value is -1.27. The molecule has 0 radical (unpaired) electrons. The number of benzene rings is 2. The predicted octanol–water partition coefficient (Wildman–Crippen LogP) is 4.27. The van der Waals surface area contributed by atoms with Gasteiger partial charge in [0.05, 0.1) is 5.02 Å². The highest BCUT2D eigenvalue weighted by Gasteiger charge is 2.32. The van der Waals surface area contributed by atoms with Crippen molar-refractivity contribution >= 4 is 33.2 Å². The average molecular weight is 386 g/mol. The number of phenolic OH excluding ortho intramolecular Hbond substituents is 1. The maximum absolute atomic E-state index is 12.8. The van der Waals surface area contributed by atoms with Gasteiger partial charge in [0.1, 0.15) is 4.90 Å². The number of aromatic hydroxyl groups is 1. The summed E-state index contributed by atoms with van der Waals surface area (Å²) >= 11 is 11.7. The minimum atomic E-state index is -3.83. The largest absolute Gasteiger partial charge is 0.505 e. The fraction of sp³-hybridized carbons (Fsp3) is 0.294. The second-order valence-corrected chi connectivity index (χ2v) is 8.57. The molecule has 0 aliphatic carbocycles. The highest BCUT2D eigenvalue weighted by Crippen LogP contribution is 2.37. The molecule has 0 amide bonds. The Labute approximate surface area is 151 Å². The third kappa shape index (κ3) is 3.40. The Morgan fingerprint density at radius 1 is 1.04 bits per heavy atom. The molecular weight excluding hydrogens is 369 g/mol. The van der Waals surface area contributed by atoms with Crippen LogP contribution in [0.25, 0.3) is 0 Å². The van der Waals surface area contributed by atoms with E-state index < -0.39 is 15.8 Å². The fourth-order valence-corrected chi connectivity index (χ4v) is 5.25. The Balaban J connectivity index is 1.81. The van der Waals surface area contributed by atoms with Crippen LogP contribution in [0.2, 0.25) is 10.0 Å². The van der Waals surface area contributed by atoms with E-state index >= 15 is 0 Å². The van der Waals surface area contributed by atoms with Crippen LogP contribution in [-0.4, -0.2) is 30.9 Å². The van der Waals surface area contributed by atoms with Crippen LogP contribution in [0.1, 0.15) is 24.3 Å². The van der Waals surface area contributed by atoms with E-state index in [0.717, 1.165) is 12.8 Å². The third-order valence-corrected chi connectivity index (χ3v) is 6.75. The molecule has 0 bridgehead atoms. The molecule has 1 N–H and O–H groups in total. The van der Waals surface area contributed by atoms with Gasteiger partial charge in [0.25, 0.3) is 0 Å². The first-order valence-corrected chi connectivity index (χ1v) is 9.82. The highest BCUT2D eigenvalue weighted by molar-refractivity contribution is 7.89. The van der Waals surface area contributed by atoms with Gasteiger partial charge < -0.3 is 5.11 Å². The van der Waals surface area contributed by atoms with Gasteiger partial charge >= 0.3 is 0 Å². The summed E-state index contributed by atoms with van der Waals surface area (Å²) in [7, 11) is -3.83. The molecule has 0 saturated carbocycles. The van der Waals surface area contributed by atoms with Crippen LogP contribution < -0.4 is 0 Å². The lowest BCUT2D eigenvalue weighted by atomic mass is 9.90. The number of hydrogen-bond acceptors (Lipinski definition) is 3. The number of piperidine rings is 1. The number of halogens is 2. The SMILES string of the molecule is O=S(=O)(c1cc(Cl)cc(Cl)c1O)N1CCC(c2ccccc2)CC1. The number of hydrogen-bond donors (Lipinski definition) is 1. The maximum atomic E-state index is 12.8. The molecule has 1 aliphatic rings. The zero-order chi connectivity index (χ0) is 17.3. The van der Waals surface area contributed by atoms with Crippen molar-refractivity contribution in [3.05, 3.63) is 58.1 Å². The molecule has 4 nitrogen and oxygen atoms in total. The first-order chi connectivity index (χ1) is 11.4. The molecule has 0 atom stereocenters. The lowest BCUT2D eigenvalue weighted by molar-refractivity contribution is 0.318. The number of sulfonamides is 1. The van der Waals surface area contributed by atoms with E-state index in [1.807, 2.05) is 18.2 Å². The molecule has 0 spiro atoms. The molecule has 128 valence electrons. The molecule has 1 saturated heterocycles. The van der Waals surface area contributed by atoms with Crippen molar-refractivity contribution in [2.45, 2.75) is 23.7 Å². The second kappa shape index (κ2) is 6.92. The van der Waals surface area contributed by atoms with E-state index in [9.17, 15) is 13.5 Å². The first-order valence-electron chi connectivity index (χ1n) is 7.62. The summed E-state index contributed by atoms with van der Waals surface area (Å²) in [5.41, 5.74) is 1.23. The quantitative estimate of drug-likeness (QED) is 0.857. The summed E-state index contributed by atoms with van der Waals surface area (Å²) in [5.74, 6) is -0.111. The van der Waals surface area contributed by atoms with Gasteiger partial charge in [0.2, 0.25) is 10.0 Å². The normalized spacial score (nSPS) is 17.1. The molecule has 1 aliphatic heterocycles. The smallest absolute Gasteiger partial charge is 0.246 e. The number of phenols is 1. The molecule has 2 aromatic carbocycles. The van der Waals surface area contributed by atoms with E-state index in [2.05, 4.69) is 12.1 Å². The summed E-state index contributed by atoms with van der Waals surface area (Å²) in [6, 6.07) is 12.6. The van der Waals surface area contributed by atoms with Crippen molar-refractivity contribution in [1.82, 2.24) is 4.31 Å². The zero-order valence-corrected chi connectivity index (χ0v) is 15.2. The Bertz CT molecular complexity index is 832. The van der Waals surface area contributed by atoms with E-state index in [0.29, 0.717) is 19.0 Å². The molecule has 24 heavy (non-hydrogen) atoms. The minimum absolute atomic E-state index is 0.0692. The van der Waals surface area contributed by atoms with Crippen LogP contribution in [0.5, 0.6) is 5.75 Å². The van der Waals surface area contributed by atoms with E-state index in [4.69, 9.17) is 23.2 Å². The summed E-state index contributed by atoms with van der Waals surface area (Å²) < 4.78 is 27.0. The summed E-state index contributed by atoms with van der Waals surface area (Å²) in [6.07, 6.45) is 1.47. The van der Waals surface area contributed by atoms with Crippen LogP contribution in [0.3, 0.4) is 0 Å².